The van der Waals surface area contributed by atoms with Crippen molar-refractivity contribution < 1.29 is 19.0 Å². The van der Waals surface area contributed by atoms with Gasteiger partial charge in [-0.15, -0.1) is 0 Å². The number of halogens is 1. The van der Waals surface area contributed by atoms with Crippen molar-refractivity contribution in [3.63, 3.8) is 0 Å². The van der Waals surface area contributed by atoms with Crippen molar-refractivity contribution in [2.24, 2.45) is 0 Å². The average molecular weight is 268 g/mol. The molecule has 6 heteroatoms. The van der Waals surface area contributed by atoms with E-state index in [4.69, 9.17) is 10.8 Å². The summed E-state index contributed by atoms with van der Waals surface area (Å²) < 4.78 is 18.6. The number of hydrogen-bond donors (Lipinski definition) is 2. The SMILES string of the molecule is COC(=O)c1cc(N(CCO)C2CC2)c(F)cc1N. The average Bonchev–Trinajstić information content (AvgIpc) is 3.20. The molecule has 1 aliphatic rings. The molecule has 0 aromatic heterocycles. The van der Waals surface area contributed by atoms with Gasteiger partial charge < -0.3 is 20.5 Å². The van der Waals surface area contributed by atoms with Gasteiger partial charge in [-0.25, -0.2) is 9.18 Å². The second-order valence-electron chi connectivity index (χ2n) is 4.53. The molecule has 0 amide bonds. The number of anilines is 2. The number of carbonyl (C=O) groups excluding carboxylic acids is 1. The summed E-state index contributed by atoms with van der Waals surface area (Å²) in [6.07, 6.45) is 1.91. The number of carbonyl (C=O) groups is 1. The van der Waals surface area contributed by atoms with Gasteiger partial charge in [0.2, 0.25) is 0 Å². The van der Waals surface area contributed by atoms with Gasteiger partial charge in [-0.2, -0.15) is 0 Å². The van der Waals surface area contributed by atoms with Crippen LogP contribution in [0.5, 0.6) is 0 Å². The molecule has 2 rings (SSSR count). The number of rotatable bonds is 5. The van der Waals surface area contributed by atoms with Gasteiger partial charge in [0, 0.05) is 18.3 Å². The summed E-state index contributed by atoms with van der Waals surface area (Å²) in [7, 11) is 1.25. The molecule has 3 N–H and O–H groups in total. The standard InChI is InChI=1S/C13H17FN2O3/c1-19-13(18)9-6-12(10(14)7-11(9)15)16(4-5-17)8-2-3-8/h6-8,17H,2-5,15H2,1H3. The Morgan fingerprint density at radius 2 is 2.26 bits per heavy atom. The molecule has 0 aliphatic heterocycles. The first kappa shape index (κ1) is 13.6. The maximum atomic E-state index is 14.0. The van der Waals surface area contributed by atoms with Crippen LogP contribution in [0.2, 0.25) is 0 Å². The van der Waals surface area contributed by atoms with Crippen LogP contribution < -0.4 is 10.6 Å². The molecular weight excluding hydrogens is 251 g/mol. The summed E-state index contributed by atoms with van der Waals surface area (Å²) in [5.41, 5.74) is 6.10. The van der Waals surface area contributed by atoms with Gasteiger partial charge in [0.1, 0.15) is 5.82 Å². The zero-order chi connectivity index (χ0) is 14.0. The predicted molar refractivity (Wildman–Crippen MR) is 69.6 cm³/mol. The quantitative estimate of drug-likeness (QED) is 0.619. The maximum absolute atomic E-state index is 14.0. The summed E-state index contributed by atoms with van der Waals surface area (Å²) in [5, 5.41) is 9.06. The van der Waals surface area contributed by atoms with E-state index in [0.717, 1.165) is 18.9 Å². The lowest BCUT2D eigenvalue weighted by molar-refractivity contribution is 0.0602. The van der Waals surface area contributed by atoms with Gasteiger partial charge in [0.25, 0.3) is 0 Å². The third-order valence-corrected chi connectivity index (χ3v) is 3.16. The monoisotopic (exact) mass is 268 g/mol. The topological polar surface area (TPSA) is 75.8 Å². The van der Waals surface area contributed by atoms with Crippen LogP contribution >= 0.6 is 0 Å². The Morgan fingerprint density at radius 1 is 1.58 bits per heavy atom. The van der Waals surface area contributed by atoms with Crippen LogP contribution in [0.3, 0.4) is 0 Å². The van der Waals surface area contributed by atoms with Crippen molar-refractivity contribution in [2.75, 3.05) is 30.9 Å². The van der Waals surface area contributed by atoms with Crippen LogP contribution in [0.4, 0.5) is 15.8 Å². The summed E-state index contributed by atoms with van der Waals surface area (Å²) in [5.74, 6) is -1.09. The number of aliphatic hydroxyl groups excluding tert-OH is 1. The Morgan fingerprint density at radius 3 is 2.79 bits per heavy atom. The number of methoxy groups -OCH3 is 1. The molecule has 0 spiro atoms. The molecule has 0 bridgehead atoms. The van der Waals surface area contributed by atoms with E-state index in [9.17, 15) is 9.18 Å². The van der Waals surface area contributed by atoms with E-state index in [1.807, 2.05) is 0 Å². The highest BCUT2D eigenvalue weighted by Crippen LogP contribution is 2.34. The molecule has 0 unspecified atom stereocenters. The van der Waals surface area contributed by atoms with Crippen molar-refractivity contribution in [3.05, 3.63) is 23.5 Å². The van der Waals surface area contributed by atoms with Gasteiger partial charge >= 0.3 is 5.97 Å². The number of esters is 1. The van der Waals surface area contributed by atoms with Crippen molar-refractivity contribution >= 4 is 17.3 Å². The second kappa shape index (κ2) is 5.44. The molecule has 19 heavy (non-hydrogen) atoms. The fraction of sp³-hybridized carbons (Fsp3) is 0.462. The van der Waals surface area contributed by atoms with Crippen LogP contribution in [0.1, 0.15) is 23.2 Å². The fourth-order valence-electron chi connectivity index (χ4n) is 2.08. The van der Waals surface area contributed by atoms with Crippen LogP contribution in [-0.4, -0.2) is 37.4 Å². The smallest absolute Gasteiger partial charge is 0.340 e. The molecule has 1 aromatic rings. The van der Waals surface area contributed by atoms with Crippen molar-refractivity contribution in [2.45, 2.75) is 18.9 Å². The molecule has 1 saturated carbocycles. The third-order valence-electron chi connectivity index (χ3n) is 3.16. The minimum atomic E-state index is -0.599. The van der Waals surface area contributed by atoms with Crippen molar-refractivity contribution in [1.82, 2.24) is 0 Å². The van der Waals surface area contributed by atoms with Crippen LogP contribution in [0.15, 0.2) is 12.1 Å². The van der Waals surface area contributed by atoms with Crippen LogP contribution in [0.25, 0.3) is 0 Å². The highest BCUT2D eigenvalue weighted by molar-refractivity contribution is 5.96. The molecule has 0 radical (unpaired) electrons. The molecule has 0 saturated heterocycles. The van der Waals surface area contributed by atoms with E-state index in [2.05, 4.69) is 4.74 Å². The molecular formula is C13H17FN2O3. The van der Waals surface area contributed by atoms with Gasteiger partial charge in [-0.1, -0.05) is 0 Å². The fourth-order valence-corrected chi connectivity index (χ4v) is 2.08. The van der Waals surface area contributed by atoms with Gasteiger partial charge in [-0.05, 0) is 25.0 Å². The van der Waals surface area contributed by atoms with Gasteiger partial charge in [0.15, 0.2) is 0 Å². The Bertz CT molecular complexity index is 489. The zero-order valence-electron chi connectivity index (χ0n) is 10.7. The summed E-state index contributed by atoms with van der Waals surface area (Å²) in [4.78, 5) is 13.3. The third kappa shape index (κ3) is 2.78. The molecule has 1 aromatic carbocycles. The maximum Gasteiger partial charge on any atom is 0.340 e. The Kier molecular flexibility index (Phi) is 3.90. The summed E-state index contributed by atoms with van der Waals surface area (Å²) >= 11 is 0. The minimum absolute atomic E-state index is 0.0489. The van der Waals surface area contributed by atoms with Crippen molar-refractivity contribution in [3.8, 4) is 0 Å². The van der Waals surface area contributed by atoms with E-state index in [1.165, 1.54) is 13.2 Å². The van der Waals surface area contributed by atoms with E-state index in [1.54, 1.807) is 4.90 Å². The first-order valence-electron chi connectivity index (χ1n) is 6.13. The predicted octanol–water partition coefficient (Wildman–Crippen LogP) is 1.16. The number of nitrogens with zero attached hydrogens (tertiary/aromatic N) is 1. The Hall–Kier alpha value is -1.82. The molecule has 1 aliphatic carbocycles. The Labute approximate surface area is 110 Å². The molecule has 104 valence electrons. The van der Waals surface area contributed by atoms with E-state index >= 15 is 0 Å². The van der Waals surface area contributed by atoms with Crippen LogP contribution in [-0.2, 0) is 4.74 Å². The summed E-state index contributed by atoms with van der Waals surface area (Å²) in [6.45, 7) is 0.250. The van der Waals surface area contributed by atoms with Gasteiger partial charge in [-0.3, -0.25) is 0 Å². The highest BCUT2D eigenvalue weighted by atomic mass is 19.1. The normalized spacial score (nSPS) is 14.3. The number of hydrogen-bond acceptors (Lipinski definition) is 5. The van der Waals surface area contributed by atoms with Gasteiger partial charge in [0.05, 0.1) is 25.0 Å². The number of benzene rings is 1. The Balaban J connectivity index is 2.40. The lowest BCUT2D eigenvalue weighted by Crippen LogP contribution is -2.30. The minimum Gasteiger partial charge on any atom is -0.465 e. The lowest BCUT2D eigenvalue weighted by atomic mass is 10.1. The van der Waals surface area contributed by atoms with E-state index < -0.39 is 11.8 Å². The lowest BCUT2D eigenvalue weighted by Gasteiger charge is -2.25. The summed E-state index contributed by atoms with van der Waals surface area (Å²) in [6, 6.07) is 2.73. The largest absolute Gasteiger partial charge is 0.465 e. The number of aliphatic hydroxyl groups is 1. The first-order valence-corrected chi connectivity index (χ1v) is 6.13. The number of nitrogens with two attached hydrogens (primary N) is 1. The second-order valence-corrected chi connectivity index (χ2v) is 4.53. The molecule has 0 atom stereocenters. The highest BCUT2D eigenvalue weighted by Gasteiger charge is 2.31. The first-order chi connectivity index (χ1) is 9.08. The van der Waals surface area contributed by atoms with Crippen LogP contribution in [0, 0.1) is 5.82 Å². The zero-order valence-corrected chi connectivity index (χ0v) is 10.7. The number of nitrogen functional groups attached to an aromatic ring is 1. The van der Waals surface area contributed by atoms with Crippen molar-refractivity contribution in [1.29, 1.82) is 0 Å². The molecule has 5 nitrogen and oxygen atoms in total. The number of ether oxygens (including phenoxy) is 1. The molecule has 0 heterocycles. The molecule has 1 fully saturated rings. The van der Waals surface area contributed by atoms with E-state index in [-0.39, 0.29) is 29.6 Å². The van der Waals surface area contributed by atoms with E-state index in [0.29, 0.717) is 6.54 Å².